The largest absolute Gasteiger partial charge is 0.508 e. The summed E-state index contributed by atoms with van der Waals surface area (Å²) in [6.07, 6.45) is 5.27. The number of hydrogen-bond donors (Lipinski definition) is 7. The highest BCUT2D eigenvalue weighted by Gasteiger charge is 2.31. The Hall–Kier alpha value is -4.36. The van der Waals surface area contributed by atoms with Crippen molar-refractivity contribution >= 4 is 35.5 Å². The molecule has 13 heteroatoms. The minimum atomic E-state index is -1.19. The summed E-state index contributed by atoms with van der Waals surface area (Å²) in [5.41, 5.74) is 8.19. The summed E-state index contributed by atoms with van der Waals surface area (Å²) >= 11 is 1.44. The molecule has 0 fully saturated rings. The zero-order valence-corrected chi connectivity index (χ0v) is 24.0. The van der Waals surface area contributed by atoms with Gasteiger partial charge in [0.15, 0.2) is 0 Å². The molecule has 3 amide bonds. The number of nitrogens with zero attached hydrogens (tertiary/aromatic N) is 1. The number of imidazole rings is 1. The van der Waals surface area contributed by atoms with E-state index in [9.17, 15) is 29.4 Å². The monoisotopic (exact) mass is 596 g/mol. The molecule has 3 aromatic rings. The molecular weight excluding hydrogens is 560 g/mol. The molecule has 3 rings (SSSR count). The van der Waals surface area contributed by atoms with E-state index in [0.717, 1.165) is 5.56 Å². The Kier molecular flexibility index (Phi) is 12.4. The van der Waals surface area contributed by atoms with E-state index in [0.29, 0.717) is 17.0 Å². The maximum absolute atomic E-state index is 13.6. The number of carboxylic acid groups (broad SMARTS) is 1. The fourth-order valence-corrected chi connectivity index (χ4v) is 4.65. The van der Waals surface area contributed by atoms with Gasteiger partial charge >= 0.3 is 5.97 Å². The van der Waals surface area contributed by atoms with Crippen LogP contribution in [0.4, 0.5) is 0 Å². The number of rotatable bonds is 16. The smallest absolute Gasteiger partial charge is 0.326 e. The van der Waals surface area contributed by atoms with Gasteiger partial charge in [-0.05, 0) is 48.1 Å². The van der Waals surface area contributed by atoms with Crippen LogP contribution in [0.5, 0.6) is 5.75 Å². The van der Waals surface area contributed by atoms with Crippen molar-refractivity contribution in [2.45, 2.75) is 49.9 Å². The van der Waals surface area contributed by atoms with Gasteiger partial charge in [0, 0.05) is 24.7 Å². The molecule has 8 N–H and O–H groups in total. The van der Waals surface area contributed by atoms with Crippen LogP contribution >= 0.6 is 11.8 Å². The number of nitrogens with two attached hydrogens (primary N) is 1. The molecule has 2 aromatic carbocycles. The third-order valence-electron chi connectivity index (χ3n) is 6.48. The van der Waals surface area contributed by atoms with Crippen molar-refractivity contribution in [1.29, 1.82) is 0 Å². The minimum Gasteiger partial charge on any atom is -0.508 e. The summed E-state index contributed by atoms with van der Waals surface area (Å²) in [4.78, 5) is 58.6. The van der Waals surface area contributed by atoms with E-state index < -0.39 is 47.9 Å². The third kappa shape index (κ3) is 10.2. The Bertz CT molecular complexity index is 1310. The lowest BCUT2D eigenvalue weighted by Crippen LogP contribution is -2.58. The number of carboxylic acids is 1. The number of benzene rings is 2. The Balaban J connectivity index is 1.80. The number of thioether (sulfide) groups is 1. The van der Waals surface area contributed by atoms with E-state index in [-0.39, 0.29) is 31.4 Å². The second-order valence-corrected chi connectivity index (χ2v) is 10.7. The highest BCUT2D eigenvalue weighted by molar-refractivity contribution is 7.98. The van der Waals surface area contributed by atoms with Gasteiger partial charge in [-0.15, -0.1) is 0 Å². The lowest BCUT2D eigenvalue weighted by Gasteiger charge is -2.25. The molecule has 12 nitrogen and oxygen atoms in total. The number of phenolic OH excluding ortho intramolecular Hbond substituents is 1. The average molecular weight is 597 g/mol. The Morgan fingerprint density at radius 2 is 1.45 bits per heavy atom. The van der Waals surface area contributed by atoms with E-state index in [1.165, 1.54) is 36.4 Å². The molecular formula is C29H36N6O6S. The number of aromatic amines is 1. The number of phenols is 1. The van der Waals surface area contributed by atoms with Crippen LogP contribution in [0.1, 0.15) is 23.2 Å². The lowest BCUT2D eigenvalue weighted by atomic mass is 10.0. The summed E-state index contributed by atoms with van der Waals surface area (Å²) in [7, 11) is 0. The van der Waals surface area contributed by atoms with Crippen LogP contribution in [-0.2, 0) is 38.4 Å². The molecule has 0 aliphatic heterocycles. The average Bonchev–Trinajstić information content (AvgIpc) is 3.49. The molecule has 0 saturated carbocycles. The first-order valence-electron chi connectivity index (χ1n) is 13.3. The maximum Gasteiger partial charge on any atom is 0.326 e. The van der Waals surface area contributed by atoms with Crippen LogP contribution in [-0.4, -0.2) is 80.0 Å². The Morgan fingerprint density at radius 1 is 0.857 bits per heavy atom. The van der Waals surface area contributed by atoms with E-state index in [1.54, 1.807) is 12.1 Å². The number of amides is 3. The first-order valence-corrected chi connectivity index (χ1v) is 14.7. The topological polar surface area (TPSA) is 200 Å². The quantitative estimate of drug-likeness (QED) is 0.125. The van der Waals surface area contributed by atoms with Gasteiger partial charge in [0.25, 0.3) is 0 Å². The zero-order valence-electron chi connectivity index (χ0n) is 23.2. The molecule has 0 radical (unpaired) electrons. The van der Waals surface area contributed by atoms with E-state index in [4.69, 9.17) is 5.73 Å². The summed E-state index contributed by atoms with van der Waals surface area (Å²) < 4.78 is 0. The number of H-pyrrole nitrogens is 1. The van der Waals surface area contributed by atoms with Gasteiger partial charge in [0.1, 0.15) is 23.9 Å². The van der Waals surface area contributed by atoms with Gasteiger partial charge in [0.05, 0.1) is 12.4 Å². The normalized spacial score (nSPS) is 13.8. The molecule has 4 unspecified atom stereocenters. The van der Waals surface area contributed by atoms with Crippen LogP contribution in [0.3, 0.4) is 0 Å². The van der Waals surface area contributed by atoms with Crippen molar-refractivity contribution in [3.63, 3.8) is 0 Å². The first kappa shape index (κ1) is 32.2. The van der Waals surface area contributed by atoms with Crippen LogP contribution in [0.25, 0.3) is 0 Å². The van der Waals surface area contributed by atoms with Gasteiger partial charge < -0.3 is 36.9 Å². The van der Waals surface area contributed by atoms with Crippen molar-refractivity contribution in [3.05, 3.63) is 83.9 Å². The van der Waals surface area contributed by atoms with Crippen LogP contribution in [0.15, 0.2) is 67.1 Å². The summed E-state index contributed by atoms with van der Waals surface area (Å²) in [6, 6.07) is 10.9. The zero-order chi connectivity index (χ0) is 30.5. The van der Waals surface area contributed by atoms with E-state index >= 15 is 0 Å². The van der Waals surface area contributed by atoms with Crippen molar-refractivity contribution < 1.29 is 29.4 Å². The molecule has 0 bridgehead atoms. The fraction of sp³-hybridized carbons (Fsp3) is 0.345. The molecule has 0 spiro atoms. The van der Waals surface area contributed by atoms with Crippen molar-refractivity contribution in [2.24, 2.45) is 5.73 Å². The second kappa shape index (κ2) is 16.2. The Labute approximate surface area is 247 Å². The van der Waals surface area contributed by atoms with Crippen molar-refractivity contribution in [1.82, 2.24) is 25.9 Å². The fourth-order valence-electron chi connectivity index (χ4n) is 4.18. The van der Waals surface area contributed by atoms with Crippen LogP contribution < -0.4 is 21.7 Å². The van der Waals surface area contributed by atoms with Gasteiger partial charge in [-0.2, -0.15) is 11.8 Å². The molecule has 0 saturated heterocycles. The van der Waals surface area contributed by atoms with E-state index in [2.05, 4.69) is 25.9 Å². The van der Waals surface area contributed by atoms with Gasteiger partial charge in [-0.3, -0.25) is 14.4 Å². The number of carbonyl (C=O) groups excluding carboxylic acids is 3. The SMILES string of the molecule is CSCCC(NC(=O)C(Cc1ccc(O)cc1)NC(=O)C(Cc1cnc[nH]1)NC(=O)C(N)Cc1ccccc1)C(=O)O. The molecule has 4 atom stereocenters. The number of nitrogens with one attached hydrogen (secondary N) is 4. The number of aliphatic carboxylic acids is 1. The predicted molar refractivity (Wildman–Crippen MR) is 159 cm³/mol. The molecule has 0 aliphatic rings. The molecule has 224 valence electrons. The summed E-state index contributed by atoms with van der Waals surface area (Å²) in [5.74, 6) is -2.57. The molecule has 42 heavy (non-hydrogen) atoms. The van der Waals surface area contributed by atoms with Gasteiger partial charge in [0.2, 0.25) is 17.7 Å². The van der Waals surface area contributed by atoms with Crippen LogP contribution in [0, 0.1) is 0 Å². The number of aromatic nitrogens is 2. The molecule has 1 aromatic heterocycles. The van der Waals surface area contributed by atoms with E-state index in [1.807, 2.05) is 36.6 Å². The first-order chi connectivity index (χ1) is 20.2. The maximum atomic E-state index is 13.6. The van der Waals surface area contributed by atoms with Gasteiger partial charge in [-0.25, -0.2) is 9.78 Å². The van der Waals surface area contributed by atoms with Gasteiger partial charge in [-0.1, -0.05) is 42.5 Å². The second-order valence-electron chi connectivity index (χ2n) is 9.75. The van der Waals surface area contributed by atoms with Crippen molar-refractivity contribution in [3.8, 4) is 5.75 Å². The number of carbonyl (C=O) groups is 4. The predicted octanol–water partition coefficient (Wildman–Crippen LogP) is 0.763. The Morgan fingerprint density at radius 3 is 2.05 bits per heavy atom. The summed E-state index contributed by atoms with van der Waals surface area (Å²) in [5, 5.41) is 27.2. The number of hydrogen-bond acceptors (Lipinski definition) is 8. The van der Waals surface area contributed by atoms with Crippen LogP contribution in [0.2, 0.25) is 0 Å². The molecule has 0 aliphatic carbocycles. The highest BCUT2D eigenvalue weighted by atomic mass is 32.2. The standard InChI is InChI=1S/C29H36N6O6S/c1-42-12-11-23(29(40)41)33-27(38)24(14-19-7-9-21(36)10-8-19)35-28(39)25(15-20-16-31-17-32-20)34-26(37)22(30)13-18-5-3-2-4-6-18/h2-10,16-17,22-25,36H,11-15,30H2,1H3,(H,31,32)(H,33,38)(H,34,37)(H,35,39)(H,40,41). The summed E-state index contributed by atoms with van der Waals surface area (Å²) in [6.45, 7) is 0. The lowest BCUT2D eigenvalue weighted by molar-refractivity contribution is -0.142. The number of aromatic hydroxyl groups is 1. The highest BCUT2D eigenvalue weighted by Crippen LogP contribution is 2.13. The molecule has 1 heterocycles. The van der Waals surface area contributed by atoms with Crippen molar-refractivity contribution in [2.75, 3.05) is 12.0 Å². The third-order valence-corrected chi connectivity index (χ3v) is 7.13. The minimum absolute atomic E-state index is 0.00493.